The van der Waals surface area contributed by atoms with Crippen molar-refractivity contribution in [2.45, 2.75) is 13.2 Å². The average molecular weight is 285 g/mol. The fourth-order valence-corrected chi connectivity index (χ4v) is 1.72. The fourth-order valence-electron chi connectivity index (χ4n) is 1.29. The van der Waals surface area contributed by atoms with Crippen LogP contribution in [0.5, 0.6) is 0 Å². The van der Waals surface area contributed by atoms with Crippen LogP contribution in [0.4, 0.5) is 4.39 Å². The van der Waals surface area contributed by atoms with Crippen molar-refractivity contribution in [3.8, 4) is 0 Å². The van der Waals surface area contributed by atoms with Gasteiger partial charge in [-0.15, -0.1) is 0 Å². The predicted molar refractivity (Wildman–Crippen MR) is 61.3 cm³/mol. The van der Waals surface area contributed by atoms with E-state index in [1.54, 1.807) is 18.4 Å². The van der Waals surface area contributed by atoms with Crippen LogP contribution in [0.25, 0.3) is 0 Å². The molecule has 0 radical (unpaired) electrons. The normalized spacial score (nSPS) is 10.6. The Bertz CT molecular complexity index is 454. The minimum atomic E-state index is -0.269. The van der Waals surface area contributed by atoms with Gasteiger partial charge in [0.25, 0.3) is 0 Å². The summed E-state index contributed by atoms with van der Waals surface area (Å²) in [6, 6.07) is 8.48. The van der Waals surface area contributed by atoms with Crippen LogP contribution in [0, 0.1) is 5.82 Å². The molecular formula is C12H10BrFO2. The Morgan fingerprint density at radius 1 is 1.25 bits per heavy atom. The Labute approximate surface area is 101 Å². The summed E-state index contributed by atoms with van der Waals surface area (Å²) in [5.41, 5.74) is 0.917. The van der Waals surface area contributed by atoms with Gasteiger partial charge in [0.15, 0.2) is 0 Å². The number of halogens is 2. The Morgan fingerprint density at radius 3 is 2.81 bits per heavy atom. The maximum Gasteiger partial charge on any atom is 0.137 e. The molecule has 2 rings (SSSR count). The largest absolute Gasteiger partial charge is 0.467 e. The maximum atomic E-state index is 12.9. The lowest BCUT2D eigenvalue weighted by atomic mass is 10.2. The molecule has 0 aliphatic carbocycles. The second kappa shape index (κ2) is 5.27. The van der Waals surface area contributed by atoms with Gasteiger partial charge in [0, 0.05) is 0 Å². The van der Waals surface area contributed by atoms with Crippen molar-refractivity contribution in [2.75, 3.05) is 0 Å². The summed E-state index contributed by atoms with van der Waals surface area (Å²) in [6.07, 6.45) is 1.60. The van der Waals surface area contributed by atoms with Crippen LogP contribution < -0.4 is 0 Å². The summed E-state index contributed by atoms with van der Waals surface area (Å²) in [5.74, 6) is 0.510. The van der Waals surface area contributed by atoms with E-state index in [0.717, 1.165) is 11.3 Å². The van der Waals surface area contributed by atoms with Crippen molar-refractivity contribution in [2.24, 2.45) is 0 Å². The minimum Gasteiger partial charge on any atom is -0.467 e. The highest BCUT2D eigenvalue weighted by atomic mass is 79.9. The summed E-state index contributed by atoms with van der Waals surface area (Å²) in [5, 5.41) is 0. The van der Waals surface area contributed by atoms with Crippen LogP contribution in [0.15, 0.2) is 45.5 Å². The number of benzene rings is 1. The van der Waals surface area contributed by atoms with Crippen molar-refractivity contribution < 1.29 is 13.5 Å². The van der Waals surface area contributed by atoms with Crippen LogP contribution >= 0.6 is 15.9 Å². The first-order valence-electron chi connectivity index (χ1n) is 4.80. The molecule has 1 aromatic carbocycles. The van der Waals surface area contributed by atoms with Gasteiger partial charge in [0.05, 0.1) is 17.3 Å². The second-order valence-electron chi connectivity index (χ2n) is 3.32. The van der Waals surface area contributed by atoms with Gasteiger partial charge in [0.2, 0.25) is 0 Å². The van der Waals surface area contributed by atoms with E-state index in [4.69, 9.17) is 9.15 Å². The molecule has 16 heavy (non-hydrogen) atoms. The van der Waals surface area contributed by atoms with Crippen LogP contribution in [-0.2, 0) is 18.0 Å². The number of hydrogen-bond acceptors (Lipinski definition) is 2. The third kappa shape index (κ3) is 2.93. The van der Waals surface area contributed by atoms with Crippen LogP contribution in [-0.4, -0.2) is 0 Å². The highest BCUT2D eigenvalue weighted by Gasteiger charge is 2.01. The van der Waals surface area contributed by atoms with Crippen molar-refractivity contribution >= 4 is 15.9 Å². The first kappa shape index (κ1) is 11.4. The van der Waals surface area contributed by atoms with E-state index in [1.807, 2.05) is 12.1 Å². The summed E-state index contributed by atoms with van der Waals surface area (Å²) < 4.78 is 23.9. The maximum absolute atomic E-state index is 12.9. The lowest BCUT2D eigenvalue weighted by Crippen LogP contribution is -1.93. The van der Waals surface area contributed by atoms with Gasteiger partial charge in [-0.2, -0.15) is 0 Å². The Hall–Kier alpha value is -1.13. The number of ether oxygens (including phenoxy) is 1. The zero-order valence-electron chi connectivity index (χ0n) is 8.45. The molecule has 1 aromatic heterocycles. The molecule has 2 nitrogen and oxygen atoms in total. The second-order valence-corrected chi connectivity index (χ2v) is 4.17. The van der Waals surface area contributed by atoms with E-state index in [2.05, 4.69) is 15.9 Å². The molecule has 0 aliphatic rings. The predicted octanol–water partition coefficient (Wildman–Crippen LogP) is 3.90. The van der Waals surface area contributed by atoms with E-state index < -0.39 is 0 Å². The molecule has 4 heteroatoms. The summed E-state index contributed by atoms with van der Waals surface area (Å²) in [6.45, 7) is 0.849. The molecule has 0 spiro atoms. The lowest BCUT2D eigenvalue weighted by Gasteiger charge is -2.03. The topological polar surface area (TPSA) is 22.4 Å². The summed E-state index contributed by atoms with van der Waals surface area (Å²) >= 11 is 3.13. The van der Waals surface area contributed by atoms with Crippen molar-refractivity contribution in [3.63, 3.8) is 0 Å². The van der Waals surface area contributed by atoms with Gasteiger partial charge in [0.1, 0.15) is 18.2 Å². The molecule has 0 amide bonds. The Balaban J connectivity index is 1.87. The Kier molecular flexibility index (Phi) is 3.74. The van der Waals surface area contributed by atoms with E-state index in [9.17, 15) is 4.39 Å². The van der Waals surface area contributed by atoms with Crippen LogP contribution in [0.1, 0.15) is 11.3 Å². The van der Waals surface area contributed by atoms with Crippen LogP contribution in [0.2, 0.25) is 0 Å². The molecule has 0 fully saturated rings. The number of furan rings is 1. The van der Waals surface area contributed by atoms with E-state index in [0.29, 0.717) is 17.7 Å². The first-order chi connectivity index (χ1) is 7.75. The standard InChI is InChI=1S/C12H10BrFO2/c13-11-6-9(3-4-12(11)14)7-15-8-10-2-1-5-16-10/h1-6H,7-8H2. The summed E-state index contributed by atoms with van der Waals surface area (Å²) in [7, 11) is 0. The van der Waals surface area contributed by atoms with Gasteiger partial charge in [-0.05, 0) is 45.8 Å². The molecular weight excluding hydrogens is 275 g/mol. The number of hydrogen-bond donors (Lipinski definition) is 0. The zero-order chi connectivity index (χ0) is 11.4. The van der Waals surface area contributed by atoms with Gasteiger partial charge in [-0.25, -0.2) is 4.39 Å². The third-order valence-electron chi connectivity index (χ3n) is 2.08. The van der Waals surface area contributed by atoms with E-state index in [1.165, 1.54) is 6.07 Å². The first-order valence-corrected chi connectivity index (χ1v) is 5.59. The van der Waals surface area contributed by atoms with Gasteiger partial charge in [-0.1, -0.05) is 6.07 Å². The van der Waals surface area contributed by atoms with Crippen molar-refractivity contribution in [3.05, 3.63) is 58.2 Å². The van der Waals surface area contributed by atoms with Gasteiger partial charge in [-0.3, -0.25) is 0 Å². The highest BCUT2D eigenvalue weighted by Crippen LogP contribution is 2.17. The highest BCUT2D eigenvalue weighted by molar-refractivity contribution is 9.10. The number of rotatable bonds is 4. The molecule has 0 atom stereocenters. The molecule has 0 unspecified atom stereocenters. The van der Waals surface area contributed by atoms with Gasteiger partial charge < -0.3 is 9.15 Å². The third-order valence-corrected chi connectivity index (χ3v) is 2.68. The quantitative estimate of drug-likeness (QED) is 0.850. The summed E-state index contributed by atoms with van der Waals surface area (Å²) in [4.78, 5) is 0. The molecule has 0 aliphatic heterocycles. The minimum absolute atomic E-state index is 0.269. The lowest BCUT2D eigenvalue weighted by molar-refractivity contribution is 0.0929. The molecule has 0 saturated heterocycles. The SMILES string of the molecule is Fc1ccc(COCc2ccco2)cc1Br. The average Bonchev–Trinajstić information content (AvgIpc) is 2.76. The molecule has 2 aromatic rings. The van der Waals surface area contributed by atoms with Crippen LogP contribution in [0.3, 0.4) is 0 Å². The van der Waals surface area contributed by atoms with E-state index >= 15 is 0 Å². The molecule has 0 saturated carbocycles. The zero-order valence-corrected chi connectivity index (χ0v) is 10.0. The molecule has 1 heterocycles. The van der Waals surface area contributed by atoms with Crippen molar-refractivity contribution in [1.29, 1.82) is 0 Å². The van der Waals surface area contributed by atoms with Gasteiger partial charge >= 0.3 is 0 Å². The van der Waals surface area contributed by atoms with Crippen molar-refractivity contribution in [1.82, 2.24) is 0 Å². The molecule has 0 bridgehead atoms. The fraction of sp³-hybridized carbons (Fsp3) is 0.167. The Morgan fingerprint density at radius 2 is 2.12 bits per heavy atom. The molecule has 84 valence electrons. The smallest absolute Gasteiger partial charge is 0.137 e. The van der Waals surface area contributed by atoms with E-state index in [-0.39, 0.29) is 5.82 Å². The molecule has 0 N–H and O–H groups in total. The monoisotopic (exact) mass is 284 g/mol.